The fraction of sp³-hybridized carbons (Fsp3) is 0.424. The van der Waals surface area contributed by atoms with E-state index >= 15 is 0 Å². The maximum atomic E-state index is 11.7. The van der Waals surface area contributed by atoms with Crippen LogP contribution in [0.4, 0.5) is 0 Å². The lowest BCUT2D eigenvalue weighted by Gasteiger charge is -2.31. The molecular formula is C33H43ClO3. The number of halogens is 1. The number of rotatable bonds is 5. The van der Waals surface area contributed by atoms with Gasteiger partial charge in [0.1, 0.15) is 5.60 Å². The minimum atomic E-state index is -0.543. The maximum Gasteiger partial charge on any atom is 0.333 e. The number of carbonyl (C=O) groups is 1. The number of ether oxygens (including phenoxy) is 1. The third-order valence-electron chi connectivity index (χ3n) is 7.25. The summed E-state index contributed by atoms with van der Waals surface area (Å²) in [7, 11) is 0. The van der Waals surface area contributed by atoms with Crippen molar-refractivity contribution in [3.8, 4) is 0 Å². The Bertz CT molecular complexity index is 1070. The largest absolute Gasteiger partial charge is 0.456 e. The summed E-state index contributed by atoms with van der Waals surface area (Å²) in [6.45, 7) is 21.9. The zero-order chi connectivity index (χ0) is 28.0. The van der Waals surface area contributed by atoms with E-state index in [1.54, 1.807) is 6.92 Å². The van der Waals surface area contributed by atoms with Crippen molar-refractivity contribution in [2.24, 2.45) is 11.8 Å². The minimum Gasteiger partial charge on any atom is -0.456 e. The molecule has 0 atom stereocenters. The van der Waals surface area contributed by atoms with Crippen molar-refractivity contribution in [2.75, 3.05) is 0 Å². The second-order valence-corrected chi connectivity index (χ2v) is 11.8. The van der Waals surface area contributed by atoms with Gasteiger partial charge in [-0.25, -0.2) is 4.79 Å². The second-order valence-electron chi connectivity index (χ2n) is 11.4. The highest BCUT2D eigenvalue weighted by Crippen LogP contribution is 2.36. The molecule has 0 radical (unpaired) electrons. The summed E-state index contributed by atoms with van der Waals surface area (Å²) in [5, 5.41) is 10.4. The Morgan fingerprint density at radius 3 is 1.38 bits per heavy atom. The lowest BCUT2D eigenvalue weighted by Crippen LogP contribution is -2.37. The van der Waals surface area contributed by atoms with Crippen LogP contribution in [0.25, 0.3) is 0 Å². The molecule has 0 bridgehead atoms. The number of allylic oxidation sites excluding steroid dienone is 2. The van der Waals surface area contributed by atoms with E-state index in [-0.39, 0.29) is 5.97 Å². The molecule has 2 aromatic carbocycles. The summed E-state index contributed by atoms with van der Waals surface area (Å²) in [6, 6.07) is 16.9. The van der Waals surface area contributed by atoms with Gasteiger partial charge in [-0.05, 0) is 101 Å². The van der Waals surface area contributed by atoms with Crippen LogP contribution in [0.2, 0.25) is 0 Å². The van der Waals surface area contributed by atoms with Gasteiger partial charge in [-0.15, -0.1) is 0 Å². The Balaban J connectivity index is 0.000000221. The molecule has 0 spiro atoms. The molecule has 0 amide bonds. The van der Waals surface area contributed by atoms with Gasteiger partial charge in [0.05, 0.1) is 5.60 Å². The van der Waals surface area contributed by atoms with E-state index < -0.39 is 11.2 Å². The number of hydrogen-bond donors (Lipinski definition) is 1. The highest BCUT2D eigenvalue weighted by molar-refractivity contribution is 6.31. The van der Waals surface area contributed by atoms with Crippen molar-refractivity contribution in [2.45, 2.75) is 78.4 Å². The summed E-state index contributed by atoms with van der Waals surface area (Å²) in [5.41, 5.74) is 5.87. The van der Waals surface area contributed by atoms with Crippen molar-refractivity contribution >= 4 is 17.6 Å². The summed E-state index contributed by atoms with van der Waals surface area (Å²) in [6.07, 6.45) is 4.01. The van der Waals surface area contributed by atoms with Gasteiger partial charge < -0.3 is 9.84 Å². The van der Waals surface area contributed by atoms with Crippen molar-refractivity contribution in [1.82, 2.24) is 0 Å². The van der Waals surface area contributed by atoms with Gasteiger partial charge in [-0.1, -0.05) is 79.9 Å². The Kier molecular flexibility index (Phi) is 10.6. The number of hydrogen-bond acceptors (Lipinski definition) is 3. The van der Waals surface area contributed by atoms with Gasteiger partial charge in [0.2, 0.25) is 0 Å². The van der Waals surface area contributed by atoms with E-state index in [4.69, 9.17) is 16.3 Å². The van der Waals surface area contributed by atoms with E-state index in [1.807, 2.05) is 34.6 Å². The molecule has 0 saturated heterocycles. The molecule has 0 saturated carbocycles. The average molecular weight is 523 g/mol. The normalized spacial score (nSPS) is 14.8. The Labute approximate surface area is 228 Å². The van der Waals surface area contributed by atoms with Crippen LogP contribution < -0.4 is 0 Å². The number of carbonyl (C=O) groups excluding carboxylic acids is 1. The van der Waals surface area contributed by atoms with Crippen molar-refractivity contribution < 1.29 is 14.6 Å². The zero-order valence-electron chi connectivity index (χ0n) is 23.4. The predicted octanol–water partition coefficient (Wildman–Crippen LogP) is 7.79. The first-order valence-corrected chi connectivity index (χ1v) is 13.2. The standard InChI is InChI=1S/C16H20O2.C12H16O.C5H7Cl/c1-11(2)15(17)18-16(3,4)14-9-12-7-5-6-8-13(12)10-14;1-12(2,13)11-7-9-5-3-4-6-10(9)8-11;1-4(2)5(3)6/h5-8,14H,1,9-10H2,2-4H3;3-6,11,13H,7-8H2,1-2H3;1,3H2,2H3. The number of esters is 1. The third-order valence-corrected chi connectivity index (χ3v) is 7.57. The number of fused-ring (bicyclic) bond motifs is 2. The highest BCUT2D eigenvalue weighted by Gasteiger charge is 2.37. The Hall–Kier alpha value is -2.62. The molecule has 0 aliphatic heterocycles. The fourth-order valence-corrected chi connectivity index (χ4v) is 4.52. The SMILES string of the molecule is C=C(C)C(=C)Cl.C=C(C)C(=O)OC(C)(C)C1Cc2ccccc2C1.CC(C)(O)C1Cc2ccccc2C1. The first kappa shape index (κ1) is 30.6. The van der Waals surface area contributed by atoms with E-state index in [2.05, 4.69) is 68.3 Å². The van der Waals surface area contributed by atoms with Gasteiger partial charge in [-0.2, -0.15) is 0 Å². The summed E-state index contributed by atoms with van der Waals surface area (Å²) >= 11 is 5.32. The molecule has 37 heavy (non-hydrogen) atoms. The first-order chi connectivity index (χ1) is 17.1. The predicted molar refractivity (Wildman–Crippen MR) is 156 cm³/mol. The van der Waals surface area contributed by atoms with Crippen LogP contribution in [0.3, 0.4) is 0 Å². The maximum absolute atomic E-state index is 11.7. The topological polar surface area (TPSA) is 46.5 Å². The molecule has 0 unspecified atom stereocenters. The Morgan fingerprint density at radius 1 is 0.784 bits per heavy atom. The van der Waals surface area contributed by atoms with E-state index in [9.17, 15) is 9.90 Å². The molecule has 4 rings (SSSR count). The number of benzene rings is 2. The van der Waals surface area contributed by atoms with Crippen LogP contribution in [0, 0.1) is 11.8 Å². The third kappa shape index (κ3) is 9.02. The second kappa shape index (κ2) is 12.8. The van der Waals surface area contributed by atoms with Crippen LogP contribution >= 0.6 is 11.6 Å². The van der Waals surface area contributed by atoms with Crippen LogP contribution in [-0.2, 0) is 35.2 Å². The lowest BCUT2D eigenvalue weighted by atomic mass is 9.88. The molecule has 200 valence electrons. The molecule has 3 nitrogen and oxygen atoms in total. The monoisotopic (exact) mass is 522 g/mol. The molecule has 0 fully saturated rings. The van der Waals surface area contributed by atoms with Crippen LogP contribution in [0.15, 0.2) is 84.4 Å². The highest BCUT2D eigenvalue weighted by atomic mass is 35.5. The van der Waals surface area contributed by atoms with E-state index in [0.29, 0.717) is 22.4 Å². The molecule has 2 aliphatic rings. The molecule has 4 heteroatoms. The van der Waals surface area contributed by atoms with Crippen molar-refractivity contribution in [1.29, 1.82) is 0 Å². The first-order valence-electron chi connectivity index (χ1n) is 12.9. The summed E-state index contributed by atoms with van der Waals surface area (Å²) in [5.74, 6) is 0.444. The fourth-order valence-electron chi connectivity index (χ4n) is 4.52. The average Bonchev–Trinajstić information content (AvgIpc) is 3.44. The zero-order valence-corrected chi connectivity index (χ0v) is 24.1. The smallest absolute Gasteiger partial charge is 0.333 e. The van der Waals surface area contributed by atoms with E-state index in [0.717, 1.165) is 31.3 Å². The van der Waals surface area contributed by atoms with Crippen LogP contribution in [0.5, 0.6) is 0 Å². The molecule has 0 aromatic heterocycles. The summed E-state index contributed by atoms with van der Waals surface area (Å²) in [4.78, 5) is 11.7. The Morgan fingerprint density at radius 2 is 1.11 bits per heavy atom. The number of aliphatic hydroxyl groups is 1. The van der Waals surface area contributed by atoms with Gasteiger partial charge >= 0.3 is 5.97 Å². The molecule has 0 heterocycles. The van der Waals surface area contributed by atoms with Gasteiger partial charge in [0.15, 0.2) is 0 Å². The van der Waals surface area contributed by atoms with Gasteiger partial charge in [0, 0.05) is 16.5 Å². The van der Waals surface area contributed by atoms with Gasteiger partial charge in [-0.3, -0.25) is 0 Å². The van der Waals surface area contributed by atoms with Crippen molar-refractivity contribution in [3.05, 3.63) is 107 Å². The van der Waals surface area contributed by atoms with Gasteiger partial charge in [0.25, 0.3) is 0 Å². The summed E-state index contributed by atoms with van der Waals surface area (Å²) < 4.78 is 5.58. The van der Waals surface area contributed by atoms with Crippen LogP contribution in [0.1, 0.15) is 63.8 Å². The molecular weight excluding hydrogens is 480 g/mol. The quantitative estimate of drug-likeness (QED) is 0.247. The molecule has 2 aromatic rings. The minimum absolute atomic E-state index is 0.295. The van der Waals surface area contributed by atoms with Crippen molar-refractivity contribution in [3.63, 3.8) is 0 Å². The lowest BCUT2D eigenvalue weighted by molar-refractivity contribution is -0.156. The molecule has 2 aliphatic carbocycles. The molecule has 1 N–H and O–H groups in total. The van der Waals surface area contributed by atoms with Crippen LogP contribution in [-0.4, -0.2) is 22.3 Å². The van der Waals surface area contributed by atoms with E-state index in [1.165, 1.54) is 22.3 Å².